The standard InChI is InChI=1S/C10H9NOS/c1-8-7-13-10(11-8)5-4-9-3-2-6-12-9/h2-7H,1H3. The molecule has 0 N–H and O–H groups in total. The summed E-state index contributed by atoms with van der Waals surface area (Å²) in [7, 11) is 0. The van der Waals surface area contributed by atoms with E-state index in [-0.39, 0.29) is 0 Å². The van der Waals surface area contributed by atoms with Crippen LogP contribution in [-0.2, 0) is 0 Å². The fraction of sp³-hybridized carbons (Fsp3) is 0.100. The number of rotatable bonds is 2. The van der Waals surface area contributed by atoms with Gasteiger partial charge in [-0.15, -0.1) is 11.3 Å². The third kappa shape index (κ3) is 2.06. The zero-order valence-electron chi connectivity index (χ0n) is 7.23. The Kier molecular flexibility index (Phi) is 2.27. The van der Waals surface area contributed by atoms with Crippen molar-refractivity contribution < 1.29 is 4.42 Å². The summed E-state index contributed by atoms with van der Waals surface area (Å²) in [5.41, 5.74) is 1.06. The molecule has 0 bridgehead atoms. The highest BCUT2D eigenvalue weighted by molar-refractivity contribution is 7.10. The van der Waals surface area contributed by atoms with Gasteiger partial charge in [0.2, 0.25) is 0 Å². The van der Waals surface area contributed by atoms with Crippen molar-refractivity contribution in [2.45, 2.75) is 6.92 Å². The van der Waals surface area contributed by atoms with E-state index in [0.717, 1.165) is 16.5 Å². The van der Waals surface area contributed by atoms with Gasteiger partial charge in [0.25, 0.3) is 0 Å². The second-order valence-corrected chi connectivity index (χ2v) is 3.57. The molecule has 0 fully saturated rings. The molecule has 66 valence electrons. The van der Waals surface area contributed by atoms with Crippen molar-refractivity contribution in [3.05, 3.63) is 40.2 Å². The second kappa shape index (κ2) is 3.58. The smallest absolute Gasteiger partial charge is 0.126 e. The van der Waals surface area contributed by atoms with E-state index >= 15 is 0 Å². The lowest BCUT2D eigenvalue weighted by molar-refractivity contribution is 0.557. The largest absolute Gasteiger partial charge is 0.465 e. The summed E-state index contributed by atoms with van der Waals surface area (Å²) in [6.07, 6.45) is 5.53. The molecule has 0 atom stereocenters. The number of hydrogen-bond acceptors (Lipinski definition) is 3. The molecule has 2 aromatic rings. The predicted molar refractivity (Wildman–Crippen MR) is 54.5 cm³/mol. The summed E-state index contributed by atoms with van der Waals surface area (Å²) >= 11 is 1.63. The summed E-state index contributed by atoms with van der Waals surface area (Å²) in [5.74, 6) is 0.854. The minimum atomic E-state index is 0.854. The van der Waals surface area contributed by atoms with Crippen molar-refractivity contribution in [3.63, 3.8) is 0 Å². The third-order valence-corrected chi connectivity index (χ3v) is 2.50. The van der Waals surface area contributed by atoms with E-state index in [1.807, 2.05) is 36.6 Å². The molecule has 2 rings (SSSR count). The first kappa shape index (κ1) is 8.26. The van der Waals surface area contributed by atoms with Gasteiger partial charge in [-0.1, -0.05) is 0 Å². The highest BCUT2D eigenvalue weighted by Gasteiger charge is 1.93. The van der Waals surface area contributed by atoms with Gasteiger partial charge < -0.3 is 4.42 Å². The Labute approximate surface area is 80.5 Å². The molecule has 0 saturated heterocycles. The molecule has 0 aromatic carbocycles. The van der Waals surface area contributed by atoms with Gasteiger partial charge in [-0.25, -0.2) is 4.98 Å². The summed E-state index contributed by atoms with van der Waals surface area (Å²) in [6.45, 7) is 1.99. The summed E-state index contributed by atoms with van der Waals surface area (Å²) in [4.78, 5) is 4.30. The van der Waals surface area contributed by atoms with Gasteiger partial charge >= 0.3 is 0 Å². The molecule has 0 unspecified atom stereocenters. The molecule has 0 amide bonds. The Hall–Kier alpha value is -1.35. The maximum Gasteiger partial charge on any atom is 0.126 e. The Morgan fingerprint density at radius 1 is 1.46 bits per heavy atom. The van der Waals surface area contributed by atoms with E-state index in [2.05, 4.69) is 4.98 Å². The van der Waals surface area contributed by atoms with Gasteiger partial charge in [0, 0.05) is 11.1 Å². The molecule has 0 saturated carbocycles. The number of thiazole rings is 1. The van der Waals surface area contributed by atoms with E-state index in [1.54, 1.807) is 17.6 Å². The first-order chi connectivity index (χ1) is 6.34. The van der Waals surface area contributed by atoms with E-state index in [1.165, 1.54) is 0 Å². The highest BCUT2D eigenvalue weighted by Crippen LogP contribution is 2.12. The Balaban J connectivity index is 2.14. The van der Waals surface area contributed by atoms with Crippen LogP contribution in [0, 0.1) is 6.92 Å². The average Bonchev–Trinajstić information content (AvgIpc) is 2.71. The quantitative estimate of drug-likeness (QED) is 0.728. The van der Waals surface area contributed by atoms with Crippen LogP contribution in [0.5, 0.6) is 0 Å². The van der Waals surface area contributed by atoms with Gasteiger partial charge in [-0.3, -0.25) is 0 Å². The van der Waals surface area contributed by atoms with Gasteiger partial charge in [-0.2, -0.15) is 0 Å². The molecule has 0 spiro atoms. The number of hydrogen-bond donors (Lipinski definition) is 0. The van der Waals surface area contributed by atoms with Gasteiger partial charge in [0.05, 0.1) is 6.26 Å². The van der Waals surface area contributed by atoms with Crippen molar-refractivity contribution in [1.29, 1.82) is 0 Å². The van der Waals surface area contributed by atoms with Crippen LogP contribution in [0.3, 0.4) is 0 Å². The molecular formula is C10H9NOS. The Morgan fingerprint density at radius 2 is 2.38 bits per heavy atom. The lowest BCUT2D eigenvalue weighted by atomic mass is 10.4. The van der Waals surface area contributed by atoms with Gasteiger partial charge in [-0.05, 0) is 31.2 Å². The van der Waals surface area contributed by atoms with Crippen molar-refractivity contribution in [2.75, 3.05) is 0 Å². The molecule has 3 heteroatoms. The first-order valence-corrected chi connectivity index (χ1v) is 4.86. The van der Waals surface area contributed by atoms with Crippen LogP contribution in [0.15, 0.2) is 28.2 Å². The molecule has 0 aliphatic heterocycles. The lowest BCUT2D eigenvalue weighted by Gasteiger charge is -1.82. The monoisotopic (exact) mass is 191 g/mol. The van der Waals surface area contributed by atoms with Crippen molar-refractivity contribution >= 4 is 23.5 Å². The minimum absolute atomic E-state index is 0.854. The van der Waals surface area contributed by atoms with E-state index in [4.69, 9.17) is 4.42 Å². The summed E-state index contributed by atoms with van der Waals surface area (Å²) in [5, 5.41) is 3.04. The number of nitrogens with zero attached hydrogens (tertiary/aromatic N) is 1. The van der Waals surface area contributed by atoms with Crippen molar-refractivity contribution in [2.24, 2.45) is 0 Å². The summed E-state index contributed by atoms with van der Waals surface area (Å²) in [6, 6.07) is 3.78. The van der Waals surface area contributed by atoms with E-state index in [0.29, 0.717) is 0 Å². The normalized spacial score (nSPS) is 11.2. The maximum absolute atomic E-state index is 5.15. The number of aromatic nitrogens is 1. The molecule has 2 heterocycles. The highest BCUT2D eigenvalue weighted by atomic mass is 32.1. The molecule has 0 radical (unpaired) electrons. The van der Waals surface area contributed by atoms with Crippen LogP contribution in [0.4, 0.5) is 0 Å². The predicted octanol–water partition coefficient (Wildman–Crippen LogP) is 3.21. The second-order valence-electron chi connectivity index (χ2n) is 2.68. The molecule has 2 nitrogen and oxygen atoms in total. The summed E-state index contributed by atoms with van der Waals surface area (Å²) < 4.78 is 5.15. The maximum atomic E-state index is 5.15. The lowest BCUT2D eigenvalue weighted by Crippen LogP contribution is -1.70. The van der Waals surface area contributed by atoms with Crippen LogP contribution in [0.25, 0.3) is 12.2 Å². The SMILES string of the molecule is Cc1csc(C=Cc2ccco2)n1. The zero-order valence-corrected chi connectivity index (χ0v) is 8.04. The van der Waals surface area contributed by atoms with E-state index < -0.39 is 0 Å². The topological polar surface area (TPSA) is 26.0 Å². The molecule has 0 aliphatic carbocycles. The van der Waals surface area contributed by atoms with Crippen molar-refractivity contribution in [3.8, 4) is 0 Å². The average molecular weight is 191 g/mol. The zero-order chi connectivity index (χ0) is 9.10. The Morgan fingerprint density at radius 3 is 3.00 bits per heavy atom. The number of furan rings is 1. The fourth-order valence-corrected chi connectivity index (χ4v) is 1.68. The fourth-order valence-electron chi connectivity index (χ4n) is 0.988. The first-order valence-electron chi connectivity index (χ1n) is 3.98. The van der Waals surface area contributed by atoms with Crippen LogP contribution < -0.4 is 0 Å². The third-order valence-electron chi connectivity index (χ3n) is 1.57. The molecule has 2 aromatic heterocycles. The van der Waals surface area contributed by atoms with Gasteiger partial charge in [0.15, 0.2) is 0 Å². The molecular weight excluding hydrogens is 182 g/mol. The minimum Gasteiger partial charge on any atom is -0.465 e. The van der Waals surface area contributed by atoms with Crippen LogP contribution in [0.1, 0.15) is 16.5 Å². The Bertz CT molecular complexity index is 400. The van der Waals surface area contributed by atoms with Crippen molar-refractivity contribution in [1.82, 2.24) is 4.98 Å². The van der Waals surface area contributed by atoms with Crippen LogP contribution >= 0.6 is 11.3 Å². The van der Waals surface area contributed by atoms with Gasteiger partial charge in [0.1, 0.15) is 10.8 Å². The van der Waals surface area contributed by atoms with Crippen LogP contribution in [0.2, 0.25) is 0 Å². The van der Waals surface area contributed by atoms with E-state index in [9.17, 15) is 0 Å². The van der Waals surface area contributed by atoms with Crippen LogP contribution in [-0.4, -0.2) is 4.98 Å². The number of aryl methyl sites for hydroxylation is 1. The molecule has 13 heavy (non-hydrogen) atoms. The molecule has 0 aliphatic rings.